The van der Waals surface area contributed by atoms with Crippen molar-refractivity contribution in [3.8, 4) is 0 Å². The van der Waals surface area contributed by atoms with Gasteiger partial charge in [0.1, 0.15) is 12.4 Å². The summed E-state index contributed by atoms with van der Waals surface area (Å²) in [5.41, 5.74) is 2.35. The van der Waals surface area contributed by atoms with Crippen LogP contribution >= 0.6 is 12.2 Å². The van der Waals surface area contributed by atoms with Crippen LogP contribution in [0.3, 0.4) is 0 Å². The van der Waals surface area contributed by atoms with Crippen LogP contribution in [0.15, 0.2) is 60.7 Å². The number of H-pyrrole nitrogens is 1. The Balaban J connectivity index is 1.79. The lowest BCUT2D eigenvalue weighted by atomic mass is 9.86. The molecule has 0 aliphatic carbocycles. The average molecular weight is 395 g/mol. The van der Waals surface area contributed by atoms with Gasteiger partial charge >= 0.3 is 0 Å². The Hall–Kier alpha value is -2.73. The molecule has 3 aromatic rings. The first-order valence-corrected chi connectivity index (χ1v) is 10.0. The molecule has 1 heterocycles. The summed E-state index contributed by atoms with van der Waals surface area (Å²) in [4.78, 5) is 12.8. The van der Waals surface area contributed by atoms with Gasteiger partial charge in [0.2, 0.25) is 5.91 Å². The fourth-order valence-corrected chi connectivity index (χ4v) is 3.76. The second kappa shape index (κ2) is 9.46. The van der Waals surface area contributed by atoms with Gasteiger partial charge in [-0.15, -0.1) is 0 Å². The summed E-state index contributed by atoms with van der Waals surface area (Å²) >= 11 is 5.29. The van der Waals surface area contributed by atoms with Crippen molar-refractivity contribution in [3.63, 3.8) is 0 Å². The Morgan fingerprint density at radius 1 is 1.11 bits per heavy atom. The second-order valence-electron chi connectivity index (χ2n) is 6.94. The number of amides is 1. The van der Waals surface area contributed by atoms with Gasteiger partial charge < -0.3 is 5.32 Å². The van der Waals surface area contributed by atoms with Gasteiger partial charge in [-0.05, 0) is 36.7 Å². The maximum Gasteiger partial charge on any atom is 0.240 e. The molecule has 0 radical (unpaired) electrons. The Labute approximate surface area is 170 Å². The maximum atomic E-state index is 12.8. The third-order valence-corrected chi connectivity index (χ3v) is 5.13. The molecule has 0 fully saturated rings. The van der Waals surface area contributed by atoms with E-state index in [1.807, 2.05) is 43.3 Å². The molecule has 0 aliphatic heterocycles. The van der Waals surface area contributed by atoms with Gasteiger partial charge in [0.15, 0.2) is 4.77 Å². The van der Waals surface area contributed by atoms with E-state index < -0.39 is 0 Å². The second-order valence-corrected chi connectivity index (χ2v) is 7.32. The minimum Gasteiger partial charge on any atom is -0.351 e. The minimum atomic E-state index is -0.0759. The first kappa shape index (κ1) is 20.0. The summed E-state index contributed by atoms with van der Waals surface area (Å²) in [6, 6.07) is 20.5. The molecular weight excluding hydrogens is 368 g/mol. The zero-order valence-electron chi connectivity index (χ0n) is 16.3. The fraction of sp³-hybridized carbons (Fsp3) is 0.318. The molecule has 0 saturated carbocycles. The largest absolute Gasteiger partial charge is 0.351 e. The third-order valence-electron chi connectivity index (χ3n) is 4.82. The number of aromatic nitrogens is 3. The fourth-order valence-electron chi connectivity index (χ4n) is 3.54. The highest BCUT2D eigenvalue weighted by atomic mass is 32.1. The van der Waals surface area contributed by atoms with Crippen molar-refractivity contribution >= 4 is 18.1 Å². The first-order chi connectivity index (χ1) is 13.6. The zero-order valence-corrected chi connectivity index (χ0v) is 17.1. The van der Waals surface area contributed by atoms with E-state index in [4.69, 9.17) is 12.2 Å². The van der Waals surface area contributed by atoms with Crippen LogP contribution in [0.2, 0.25) is 0 Å². The normalized spacial score (nSPS) is 12.1. The van der Waals surface area contributed by atoms with Crippen molar-refractivity contribution in [2.45, 2.75) is 45.2 Å². The average Bonchev–Trinajstić information content (AvgIpc) is 3.03. The van der Waals surface area contributed by atoms with E-state index in [0.29, 0.717) is 4.77 Å². The number of carbonyl (C=O) groups excluding carboxylic acids is 1. The van der Waals surface area contributed by atoms with Gasteiger partial charge in [-0.1, -0.05) is 67.6 Å². The van der Waals surface area contributed by atoms with Crippen molar-refractivity contribution in [2.24, 2.45) is 0 Å². The number of rotatable bonds is 8. The van der Waals surface area contributed by atoms with Crippen LogP contribution in [0, 0.1) is 4.77 Å². The summed E-state index contributed by atoms with van der Waals surface area (Å²) in [6.07, 6.45) is 1.73. The molecule has 6 heteroatoms. The van der Waals surface area contributed by atoms with Crippen molar-refractivity contribution in [3.05, 3.63) is 82.4 Å². The molecule has 0 bridgehead atoms. The summed E-state index contributed by atoms with van der Waals surface area (Å²) in [7, 11) is 0. The molecule has 0 unspecified atom stereocenters. The molecule has 0 spiro atoms. The number of carbonyl (C=O) groups is 1. The third kappa shape index (κ3) is 4.75. The van der Waals surface area contributed by atoms with Gasteiger partial charge in [-0.3, -0.25) is 14.5 Å². The minimum absolute atomic E-state index is 0.0683. The van der Waals surface area contributed by atoms with E-state index in [0.717, 1.165) is 18.7 Å². The van der Waals surface area contributed by atoms with Crippen LogP contribution in [0.4, 0.5) is 0 Å². The van der Waals surface area contributed by atoms with Gasteiger partial charge in [0.25, 0.3) is 0 Å². The van der Waals surface area contributed by atoms with Crippen LogP contribution in [-0.2, 0) is 17.8 Å². The van der Waals surface area contributed by atoms with E-state index in [-0.39, 0.29) is 24.4 Å². The standard InChI is InChI=1S/C22H26N4OS/c1-3-10-19-24-25-22(28)26(19)15-20(27)23-16(2)21(17-11-6-4-7-12-17)18-13-8-5-9-14-18/h4-9,11-14,16,21H,3,10,15H2,1-2H3,(H,23,27)(H,25,28)/t16-/m0/s1. The molecule has 146 valence electrons. The number of hydrogen-bond acceptors (Lipinski definition) is 3. The highest BCUT2D eigenvalue weighted by Crippen LogP contribution is 2.27. The Bertz CT molecular complexity index is 910. The lowest BCUT2D eigenvalue weighted by Gasteiger charge is -2.26. The van der Waals surface area contributed by atoms with Gasteiger partial charge in [0, 0.05) is 18.4 Å². The summed E-state index contributed by atoms with van der Waals surface area (Å²) < 4.78 is 2.26. The number of hydrogen-bond donors (Lipinski definition) is 2. The maximum absolute atomic E-state index is 12.8. The van der Waals surface area contributed by atoms with Crippen molar-refractivity contribution in [2.75, 3.05) is 0 Å². The van der Waals surface area contributed by atoms with Crippen molar-refractivity contribution in [1.29, 1.82) is 0 Å². The quantitative estimate of drug-likeness (QED) is 0.562. The number of aryl methyl sites for hydroxylation is 1. The predicted molar refractivity (Wildman–Crippen MR) is 114 cm³/mol. The summed E-state index contributed by atoms with van der Waals surface area (Å²) in [5, 5.41) is 10.2. The van der Waals surface area contributed by atoms with Crippen LogP contribution < -0.4 is 5.32 Å². The van der Waals surface area contributed by atoms with Crippen LogP contribution in [0.25, 0.3) is 0 Å². The molecule has 1 atom stereocenters. The molecule has 28 heavy (non-hydrogen) atoms. The lowest BCUT2D eigenvalue weighted by molar-refractivity contribution is -0.122. The Kier molecular flexibility index (Phi) is 6.76. The van der Waals surface area contributed by atoms with E-state index in [2.05, 4.69) is 46.7 Å². The SMILES string of the molecule is CCCc1n[nH]c(=S)n1CC(=O)N[C@@H](C)C(c1ccccc1)c1ccccc1. The molecule has 2 aromatic carbocycles. The summed E-state index contributed by atoms with van der Waals surface area (Å²) in [5.74, 6) is 0.816. The highest BCUT2D eigenvalue weighted by Gasteiger charge is 2.23. The first-order valence-electron chi connectivity index (χ1n) is 9.63. The predicted octanol–water partition coefficient (Wildman–Crippen LogP) is 4.23. The van der Waals surface area contributed by atoms with Crippen LogP contribution in [0.5, 0.6) is 0 Å². The molecule has 0 saturated heterocycles. The van der Waals surface area contributed by atoms with Gasteiger partial charge in [0.05, 0.1) is 0 Å². The molecule has 1 amide bonds. The summed E-state index contributed by atoms with van der Waals surface area (Å²) in [6.45, 7) is 4.30. The van der Waals surface area contributed by atoms with E-state index >= 15 is 0 Å². The molecule has 2 N–H and O–H groups in total. The van der Waals surface area contributed by atoms with Crippen molar-refractivity contribution < 1.29 is 4.79 Å². The lowest BCUT2D eigenvalue weighted by Crippen LogP contribution is -2.39. The number of nitrogens with zero attached hydrogens (tertiary/aromatic N) is 2. The molecule has 5 nitrogen and oxygen atoms in total. The number of nitrogens with one attached hydrogen (secondary N) is 2. The molecular formula is C22H26N4OS. The van der Waals surface area contributed by atoms with Crippen LogP contribution in [0.1, 0.15) is 43.1 Å². The van der Waals surface area contributed by atoms with E-state index in [1.54, 1.807) is 4.57 Å². The molecule has 1 aromatic heterocycles. The Morgan fingerprint density at radius 2 is 1.68 bits per heavy atom. The molecule has 0 aliphatic rings. The number of aromatic amines is 1. The van der Waals surface area contributed by atoms with Crippen molar-refractivity contribution in [1.82, 2.24) is 20.1 Å². The highest BCUT2D eigenvalue weighted by molar-refractivity contribution is 7.71. The smallest absolute Gasteiger partial charge is 0.240 e. The number of benzene rings is 2. The van der Waals surface area contributed by atoms with Gasteiger partial charge in [-0.25, -0.2) is 0 Å². The molecule has 3 rings (SSSR count). The monoisotopic (exact) mass is 394 g/mol. The Morgan fingerprint density at radius 3 is 2.21 bits per heavy atom. The van der Waals surface area contributed by atoms with E-state index in [9.17, 15) is 4.79 Å². The van der Waals surface area contributed by atoms with Crippen LogP contribution in [-0.4, -0.2) is 26.7 Å². The topological polar surface area (TPSA) is 62.7 Å². The van der Waals surface area contributed by atoms with E-state index in [1.165, 1.54) is 11.1 Å². The van der Waals surface area contributed by atoms with Gasteiger partial charge in [-0.2, -0.15) is 5.10 Å². The zero-order chi connectivity index (χ0) is 19.9.